The summed E-state index contributed by atoms with van der Waals surface area (Å²) < 4.78 is 17.6. The van der Waals surface area contributed by atoms with Crippen molar-refractivity contribution in [2.75, 3.05) is 5.32 Å². The first-order valence-corrected chi connectivity index (χ1v) is 10.2. The van der Waals surface area contributed by atoms with E-state index in [1.807, 2.05) is 25.1 Å². The summed E-state index contributed by atoms with van der Waals surface area (Å²) in [6, 6.07) is 10.1. The zero-order valence-electron chi connectivity index (χ0n) is 16.6. The van der Waals surface area contributed by atoms with Crippen LogP contribution in [0.2, 0.25) is 5.02 Å². The summed E-state index contributed by atoms with van der Waals surface area (Å²) in [7, 11) is 0. The fourth-order valence-electron chi connectivity index (χ4n) is 3.50. The van der Waals surface area contributed by atoms with Crippen molar-refractivity contribution in [3.8, 4) is 11.4 Å². The van der Waals surface area contributed by atoms with Crippen LogP contribution in [0.5, 0.6) is 0 Å². The monoisotopic (exact) mass is 436 g/mol. The minimum Gasteiger partial charge on any atom is -0.322 e. The molecule has 31 heavy (non-hydrogen) atoms. The molecule has 156 valence electrons. The third-order valence-electron chi connectivity index (χ3n) is 5.29. The summed E-state index contributed by atoms with van der Waals surface area (Å²) >= 11 is 6.29. The first-order chi connectivity index (χ1) is 15.0. The lowest BCUT2D eigenvalue weighted by Gasteiger charge is -2.11. The van der Waals surface area contributed by atoms with Crippen molar-refractivity contribution in [3.05, 3.63) is 82.9 Å². The maximum atomic E-state index is 14.5. The van der Waals surface area contributed by atoms with Crippen molar-refractivity contribution in [3.63, 3.8) is 0 Å². The van der Waals surface area contributed by atoms with Crippen LogP contribution in [0.4, 0.5) is 10.1 Å². The van der Waals surface area contributed by atoms with Crippen molar-refractivity contribution in [1.82, 2.24) is 24.5 Å². The molecule has 2 aromatic heterocycles. The molecular formula is C22H18ClFN6O. The van der Waals surface area contributed by atoms with Crippen LogP contribution in [0.1, 0.15) is 40.4 Å². The van der Waals surface area contributed by atoms with Gasteiger partial charge in [0.25, 0.3) is 5.91 Å². The topological polar surface area (TPSA) is 77.6 Å². The average molecular weight is 437 g/mol. The lowest BCUT2D eigenvalue weighted by atomic mass is 10.1. The Kier molecular flexibility index (Phi) is 4.78. The molecular weight excluding hydrogens is 419 g/mol. The van der Waals surface area contributed by atoms with Crippen LogP contribution in [0.3, 0.4) is 0 Å². The molecule has 1 fully saturated rings. The van der Waals surface area contributed by atoms with Gasteiger partial charge in [-0.1, -0.05) is 17.7 Å². The Morgan fingerprint density at radius 1 is 1.19 bits per heavy atom. The van der Waals surface area contributed by atoms with E-state index < -0.39 is 5.82 Å². The second kappa shape index (κ2) is 7.63. The number of nitrogens with one attached hydrogen (secondary N) is 1. The summed E-state index contributed by atoms with van der Waals surface area (Å²) in [5.41, 5.74) is 3.69. The molecule has 0 bridgehead atoms. The van der Waals surface area contributed by atoms with Gasteiger partial charge in [-0.25, -0.2) is 18.7 Å². The number of aromatic nitrogens is 5. The number of carbonyl (C=O) groups excluding carboxylic acids is 1. The Morgan fingerprint density at radius 2 is 2.03 bits per heavy atom. The molecule has 0 aliphatic heterocycles. The minimum atomic E-state index is -0.518. The zero-order valence-corrected chi connectivity index (χ0v) is 17.3. The van der Waals surface area contributed by atoms with Gasteiger partial charge >= 0.3 is 0 Å². The van der Waals surface area contributed by atoms with Gasteiger partial charge < -0.3 is 5.32 Å². The highest BCUT2D eigenvalue weighted by atomic mass is 35.5. The molecule has 0 radical (unpaired) electrons. The Hall–Kier alpha value is -3.52. The average Bonchev–Trinajstić information content (AvgIpc) is 3.25. The van der Waals surface area contributed by atoms with E-state index in [1.165, 1.54) is 23.4 Å². The number of rotatable bonds is 5. The van der Waals surface area contributed by atoms with Crippen molar-refractivity contribution >= 4 is 23.2 Å². The summed E-state index contributed by atoms with van der Waals surface area (Å²) in [5, 5.41) is 11.8. The maximum absolute atomic E-state index is 14.5. The Labute approximate surface area is 182 Å². The molecule has 1 saturated carbocycles. The normalized spacial score (nSPS) is 13.4. The zero-order chi connectivity index (χ0) is 21.5. The molecule has 7 nitrogen and oxygen atoms in total. The van der Waals surface area contributed by atoms with Crippen LogP contribution in [-0.4, -0.2) is 30.5 Å². The van der Waals surface area contributed by atoms with Gasteiger partial charge in [-0.15, -0.1) is 0 Å². The molecule has 2 heterocycles. The van der Waals surface area contributed by atoms with Crippen LogP contribution >= 0.6 is 11.6 Å². The Morgan fingerprint density at radius 3 is 2.71 bits per heavy atom. The molecule has 5 rings (SSSR count). The molecule has 2 aromatic carbocycles. The number of benzene rings is 2. The molecule has 9 heteroatoms. The summed E-state index contributed by atoms with van der Waals surface area (Å²) in [5.74, 6) is -0.593. The van der Waals surface area contributed by atoms with Gasteiger partial charge in [0.05, 0.1) is 23.1 Å². The second-order valence-electron chi connectivity index (χ2n) is 7.52. The number of anilines is 1. The van der Waals surface area contributed by atoms with Crippen LogP contribution in [-0.2, 0) is 0 Å². The smallest absolute Gasteiger partial charge is 0.259 e. The van der Waals surface area contributed by atoms with E-state index in [9.17, 15) is 9.18 Å². The second-order valence-corrected chi connectivity index (χ2v) is 7.93. The molecule has 4 aromatic rings. The number of nitrogens with zero attached hydrogens (tertiary/aromatic N) is 5. The van der Waals surface area contributed by atoms with Crippen LogP contribution in [0.15, 0.2) is 55.2 Å². The van der Waals surface area contributed by atoms with E-state index >= 15 is 0 Å². The van der Waals surface area contributed by atoms with Crippen molar-refractivity contribution in [1.29, 1.82) is 0 Å². The van der Waals surface area contributed by atoms with Gasteiger partial charge in [0.1, 0.15) is 18.3 Å². The maximum Gasteiger partial charge on any atom is 0.259 e. The third kappa shape index (κ3) is 3.70. The van der Waals surface area contributed by atoms with Gasteiger partial charge in [0, 0.05) is 16.6 Å². The van der Waals surface area contributed by atoms with E-state index in [0.717, 1.165) is 29.8 Å². The largest absolute Gasteiger partial charge is 0.322 e. The van der Waals surface area contributed by atoms with Crippen molar-refractivity contribution in [2.45, 2.75) is 25.7 Å². The summed E-state index contributed by atoms with van der Waals surface area (Å²) in [6.07, 6.45) is 6.27. The highest BCUT2D eigenvalue weighted by Crippen LogP contribution is 2.42. The first kappa shape index (κ1) is 19.4. The van der Waals surface area contributed by atoms with E-state index in [-0.39, 0.29) is 17.5 Å². The number of hydrogen-bond donors (Lipinski definition) is 1. The van der Waals surface area contributed by atoms with Crippen molar-refractivity contribution in [2.24, 2.45) is 0 Å². The summed E-state index contributed by atoms with van der Waals surface area (Å²) in [4.78, 5) is 16.8. The molecule has 0 atom stereocenters. The van der Waals surface area contributed by atoms with Gasteiger partial charge in [0.15, 0.2) is 5.82 Å². The molecule has 1 aliphatic rings. The highest BCUT2D eigenvalue weighted by molar-refractivity contribution is 6.31. The lowest BCUT2D eigenvalue weighted by molar-refractivity contribution is 0.102. The van der Waals surface area contributed by atoms with Crippen molar-refractivity contribution < 1.29 is 9.18 Å². The molecule has 0 unspecified atom stereocenters. The third-order valence-corrected chi connectivity index (χ3v) is 5.69. The fraction of sp³-hybridized carbons (Fsp3) is 0.182. The predicted molar refractivity (Wildman–Crippen MR) is 115 cm³/mol. The van der Waals surface area contributed by atoms with E-state index in [2.05, 4.69) is 20.5 Å². The molecule has 1 N–H and O–H groups in total. The number of amides is 1. The molecule has 0 saturated heterocycles. The molecule has 1 amide bonds. The van der Waals surface area contributed by atoms with Crippen LogP contribution in [0.25, 0.3) is 11.4 Å². The van der Waals surface area contributed by atoms with E-state index in [4.69, 9.17) is 11.6 Å². The quantitative estimate of drug-likeness (QED) is 0.492. The first-order valence-electron chi connectivity index (χ1n) is 9.81. The van der Waals surface area contributed by atoms with Gasteiger partial charge in [-0.3, -0.25) is 4.79 Å². The summed E-state index contributed by atoms with van der Waals surface area (Å²) in [6.45, 7) is 1.93. The number of halogens is 2. The number of hydrogen-bond acceptors (Lipinski definition) is 4. The Bertz CT molecular complexity index is 1280. The Balaban J connectivity index is 1.44. The fourth-order valence-corrected chi connectivity index (χ4v) is 3.68. The van der Waals surface area contributed by atoms with Gasteiger partial charge in [-0.2, -0.15) is 10.2 Å². The SMILES string of the molecule is Cc1ccc(-n2ncc(C(=O)Nc3ccc(-n4cncn4)c(F)c3)c2C2CC2)cc1Cl. The van der Waals surface area contributed by atoms with E-state index in [0.29, 0.717) is 16.3 Å². The van der Waals surface area contributed by atoms with Crippen LogP contribution < -0.4 is 5.32 Å². The lowest BCUT2D eigenvalue weighted by Crippen LogP contribution is -2.14. The predicted octanol–water partition coefficient (Wildman–Crippen LogP) is 4.68. The standard InChI is InChI=1S/C22H18ClFN6O/c1-13-2-6-16(9-18(13)23)30-21(14-3-4-14)17(10-26-30)22(31)28-15-5-7-20(19(24)8-15)29-12-25-11-27-29/h2,5-12,14H,3-4H2,1H3,(H,28,31). The highest BCUT2D eigenvalue weighted by Gasteiger charge is 2.33. The van der Waals surface area contributed by atoms with Gasteiger partial charge in [0.2, 0.25) is 0 Å². The van der Waals surface area contributed by atoms with Crippen LogP contribution in [0, 0.1) is 12.7 Å². The van der Waals surface area contributed by atoms with E-state index in [1.54, 1.807) is 23.0 Å². The number of aryl methyl sites for hydroxylation is 1. The number of carbonyl (C=O) groups is 1. The van der Waals surface area contributed by atoms with Gasteiger partial charge in [-0.05, 0) is 55.7 Å². The minimum absolute atomic E-state index is 0.248. The molecule has 1 aliphatic carbocycles. The molecule has 0 spiro atoms.